The van der Waals surface area contributed by atoms with E-state index in [4.69, 9.17) is 0 Å². The van der Waals surface area contributed by atoms with Crippen molar-refractivity contribution in [2.45, 2.75) is 22.9 Å². The summed E-state index contributed by atoms with van der Waals surface area (Å²) in [6, 6.07) is 12.9. The van der Waals surface area contributed by atoms with Crippen LogP contribution < -0.4 is 10.0 Å². The maximum Gasteiger partial charge on any atom is 0.275 e. The summed E-state index contributed by atoms with van der Waals surface area (Å²) in [6.45, 7) is 1.43. The Labute approximate surface area is 157 Å². The number of piperazine rings is 1. The minimum Gasteiger partial charge on any atom is -0.304 e. The first-order valence-electron chi connectivity index (χ1n) is 8.63. The molecule has 2 saturated heterocycles. The van der Waals surface area contributed by atoms with Crippen molar-refractivity contribution in [1.82, 2.24) is 10.2 Å². The number of benzene rings is 2. The van der Waals surface area contributed by atoms with E-state index in [1.165, 1.54) is 6.07 Å². The zero-order chi connectivity index (χ0) is 19.2. The molecule has 0 radical (unpaired) electrons. The van der Waals surface area contributed by atoms with Gasteiger partial charge in [0.25, 0.3) is 15.7 Å². The van der Waals surface area contributed by atoms with Gasteiger partial charge < -0.3 is 5.32 Å². The highest BCUT2D eigenvalue weighted by Gasteiger charge is 2.51. The first-order chi connectivity index (χ1) is 12.8. The summed E-state index contributed by atoms with van der Waals surface area (Å²) < 4.78 is 27.8. The molecule has 9 heteroatoms. The van der Waals surface area contributed by atoms with Crippen molar-refractivity contribution in [3.8, 4) is 0 Å². The number of hydrogen-bond donors (Lipinski definition) is 2. The monoisotopic (exact) mass is 388 g/mol. The summed E-state index contributed by atoms with van der Waals surface area (Å²) in [5, 5.41) is 15.1. The highest BCUT2D eigenvalue weighted by Crippen LogP contribution is 2.43. The van der Waals surface area contributed by atoms with Crippen LogP contribution in [-0.2, 0) is 15.6 Å². The molecule has 2 unspecified atom stereocenters. The summed E-state index contributed by atoms with van der Waals surface area (Å²) in [5.41, 5.74) is 0.268. The van der Waals surface area contributed by atoms with Gasteiger partial charge in [-0.15, -0.1) is 0 Å². The standard InChI is InChI=1S/C18H20N4O4S/c1-21-12-18(10-14(21)11-19-18)16-8-7-15(9-17(16)22(23)24)27(25,26)20-13-5-3-2-4-6-13/h2-9,14,19-20H,10-12H2,1H3. The van der Waals surface area contributed by atoms with Crippen molar-refractivity contribution in [1.29, 1.82) is 0 Å². The van der Waals surface area contributed by atoms with E-state index in [9.17, 15) is 18.5 Å². The van der Waals surface area contributed by atoms with Gasteiger partial charge in [-0.05, 0) is 37.7 Å². The molecule has 0 spiro atoms. The van der Waals surface area contributed by atoms with Crippen molar-refractivity contribution in [2.24, 2.45) is 0 Å². The Bertz CT molecular complexity index is 992. The van der Waals surface area contributed by atoms with Gasteiger partial charge >= 0.3 is 0 Å². The molecular formula is C18H20N4O4S. The molecule has 2 heterocycles. The van der Waals surface area contributed by atoms with Crippen LogP contribution in [0.1, 0.15) is 12.0 Å². The van der Waals surface area contributed by atoms with E-state index < -0.39 is 20.5 Å². The second kappa shape index (κ2) is 6.29. The summed E-state index contributed by atoms with van der Waals surface area (Å²) in [6.07, 6.45) is 0.776. The van der Waals surface area contributed by atoms with Crippen molar-refractivity contribution in [2.75, 3.05) is 24.9 Å². The molecule has 0 saturated carbocycles. The number of rotatable bonds is 5. The Morgan fingerprint density at radius 1 is 1.26 bits per heavy atom. The van der Waals surface area contributed by atoms with Crippen LogP contribution in [0.5, 0.6) is 0 Å². The van der Waals surface area contributed by atoms with Crippen molar-refractivity contribution >= 4 is 21.4 Å². The van der Waals surface area contributed by atoms with Crippen molar-refractivity contribution in [3.63, 3.8) is 0 Å². The molecule has 142 valence electrons. The van der Waals surface area contributed by atoms with Crippen LogP contribution >= 0.6 is 0 Å². The number of nitrogens with one attached hydrogen (secondary N) is 2. The van der Waals surface area contributed by atoms with Crippen LogP contribution in [0.4, 0.5) is 11.4 Å². The second-order valence-corrected chi connectivity index (χ2v) is 8.83. The maximum atomic E-state index is 12.7. The zero-order valence-corrected chi connectivity index (χ0v) is 15.6. The predicted octanol–water partition coefficient (Wildman–Crippen LogP) is 1.90. The van der Waals surface area contributed by atoms with Crippen LogP contribution in [0.25, 0.3) is 0 Å². The van der Waals surface area contributed by atoms with Gasteiger partial charge in [0, 0.05) is 30.9 Å². The van der Waals surface area contributed by atoms with Crippen LogP contribution in [0.3, 0.4) is 0 Å². The fraction of sp³-hybridized carbons (Fsp3) is 0.333. The normalized spacial score (nSPS) is 24.9. The molecule has 2 fully saturated rings. The van der Waals surface area contributed by atoms with E-state index in [0.717, 1.165) is 19.0 Å². The van der Waals surface area contributed by atoms with Crippen molar-refractivity contribution < 1.29 is 13.3 Å². The Morgan fingerprint density at radius 2 is 2.00 bits per heavy atom. The van der Waals surface area contributed by atoms with Gasteiger partial charge in [-0.25, -0.2) is 8.42 Å². The predicted molar refractivity (Wildman–Crippen MR) is 101 cm³/mol. The fourth-order valence-electron chi connectivity index (χ4n) is 4.09. The van der Waals surface area contributed by atoms with E-state index in [0.29, 0.717) is 23.8 Å². The van der Waals surface area contributed by atoms with Gasteiger partial charge in [0.1, 0.15) is 0 Å². The van der Waals surface area contributed by atoms with E-state index in [2.05, 4.69) is 14.9 Å². The average Bonchev–Trinajstić information content (AvgIpc) is 3.20. The molecule has 27 heavy (non-hydrogen) atoms. The van der Waals surface area contributed by atoms with E-state index in [1.807, 2.05) is 7.05 Å². The molecule has 4 rings (SSSR count). The number of para-hydroxylation sites is 1. The Kier molecular flexibility index (Phi) is 4.17. The number of likely N-dealkylation sites (tertiary alicyclic amines) is 1. The lowest BCUT2D eigenvalue weighted by atomic mass is 9.89. The molecule has 2 N–H and O–H groups in total. The van der Waals surface area contributed by atoms with Gasteiger partial charge in [0.05, 0.1) is 20.9 Å². The highest BCUT2D eigenvalue weighted by atomic mass is 32.2. The molecule has 2 bridgehead atoms. The van der Waals surface area contributed by atoms with Crippen LogP contribution in [0.2, 0.25) is 0 Å². The van der Waals surface area contributed by atoms with Crippen LogP contribution in [-0.4, -0.2) is 44.4 Å². The SMILES string of the molecule is CN1CC2(c3ccc(S(=O)(=O)Nc4ccccc4)cc3[N+](=O)[O-])CC1CN2. The molecule has 2 aromatic rings. The lowest BCUT2D eigenvalue weighted by molar-refractivity contribution is -0.386. The number of nitro groups is 1. The molecule has 0 aromatic heterocycles. The van der Waals surface area contributed by atoms with Crippen LogP contribution in [0.15, 0.2) is 53.4 Å². The maximum absolute atomic E-state index is 12.7. The van der Waals surface area contributed by atoms with Crippen LogP contribution in [0, 0.1) is 10.1 Å². The van der Waals surface area contributed by atoms with E-state index >= 15 is 0 Å². The number of sulfonamides is 1. The lowest BCUT2D eigenvalue weighted by Crippen LogP contribution is -2.48. The largest absolute Gasteiger partial charge is 0.304 e. The third kappa shape index (κ3) is 3.07. The third-order valence-corrected chi connectivity index (χ3v) is 6.80. The highest BCUT2D eigenvalue weighted by molar-refractivity contribution is 7.92. The number of hydrogen-bond acceptors (Lipinski definition) is 6. The molecule has 0 aliphatic carbocycles. The Morgan fingerprint density at radius 3 is 2.59 bits per heavy atom. The number of likely N-dealkylation sites (N-methyl/N-ethyl adjacent to an activating group) is 1. The van der Waals surface area contributed by atoms with E-state index in [-0.39, 0.29) is 10.6 Å². The van der Waals surface area contributed by atoms with Crippen molar-refractivity contribution in [3.05, 3.63) is 64.2 Å². The van der Waals surface area contributed by atoms with E-state index in [1.54, 1.807) is 36.4 Å². The molecule has 2 aliphatic heterocycles. The Balaban J connectivity index is 1.73. The number of anilines is 1. The molecule has 2 atom stereocenters. The fourth-order valence-corrected chi connectivity index (χ4v) is 5.17. The molecule has 2 aliphatic rings. The smallest absolute Gasteiger partial charge is 0.275 e. The molecule has 8 nitrogen and oxygen atoms in total. The zero-order valence-electron chi connectivity index (χ0n) is 14.8. The summed E-state index contributed by atoms with van der Waals surface area (Å²) in [4.78, 5) is 13.3. The number of nitro benzene ring substituents is 1. The molecule has 0 amide bonds. The minimum atomic E-state index is -3.92. The van der Waals surface area contributed by atoms with Gasteiger partial charge in [0.2, 0.25) is 0 Å². The molecule has 2 aromatic carbocycles. The summed E-state index contributed by atoms with van der Waals surface area (Å²) in [5.74, 6) is 0. The second-order valence-electron chi connectivity index (χ2n) is 7.14. The number of nitrogens with zero attached hydrogens (tertiary/aromatic N) is 2. The Hall–Kier alpha value is -2.49. The van der Waals surface area contributed by atoms with Gasteiger partial charge in [-0.2, -0.15) is 0 Å². The van der Waals surface area contributed by atoms with Gasteiger partial charge in [-0.3, -0.25) is 19.7 Å². The quantitative estimate of drug-likeness (QED) is 0.599. The summed E-state index contributed by atoms with van der Waals surface area (Å²) >= 11 is 0. The average molecular weight is 388 g/mol. The lowest BCUT2D eigenvalue weighted by Gasteiger charge is -2.31. The van der Waals surface area contributed by atoms with Gasteiger partial charge in [-0.1, -0.05) is 18.2 Å². The first-order valence-corrected chi connectivity index (χ1v) is 10.1. The summed E-state index contributed by atoms with van der Waals surface area (Å²) in [7, 11) is -1.92. The molecular weight excluding hydrogens is 368 g/mol. The topological polar surface area (TPSA) is 105 Å². The first kappa shape index (κ1) is 17.9. The number of fused-ring (bicyclic) bond motifs is 2. The minimum absolute atomic E-state index is 0.126. The third-order valence-electron chi connectivity index (χ3n) is 5.42. The van der Waals surface area contributed by atoms with Gasteiger partial charge in [0.15, 0.2) is 0 Å².